The maximum Gasteiger partial charge on any atom is 0.260 e. The molecule has 44 heavy (non-hydrogen) atoms. The Labute approximate surface area is 255 Å². The van der Waals surface area contributed by atoms with Gasteiger partial charge in [-0.15, -0.1) is 4.31 Å². The average molecular weight is 628 g/mol. The Morgan fingerprint density at radius 1 is 1.20 bits per heavy atom. The van der Waals surface area contributed by atoms with E-state index in [2.05, 4.69) is 20.0 Å². The number of carbonyl (C=O) groups excluding carboxylic acids is 1. The summed E-state index contributed by atoms with van der Waals surface area (Å²) in [5.74, 6) is -1.81. The summed E-state index contributed by atoms with van der Waals surface area (Å²) in [6.45, 7) is 2.68. The molecule has 14 heteroatoms. The molecule has 3 heterocycles. The normalized spacial score (nSPS) is 15.8. The Balaban J connectivity index is 1.34. The number of alkyl halides is 1. The molecule has 1 aliphatic heterocycles. The number of pyridine rings is 1. The predicted octanol–water partition coefficient (Wildman–Crippen LogP) is 3.94. The summed E-state index contributed by atoms with van der Waals surface area (Å²) >= 11 is -1.95. The third-order valence-corrected chi connectivity index (χ3v) is 8.67. The van der Waals surface area contributed by atoms with E-state index in [0.29, 0.717) is 24.9 Å². The highest BCUT2D eigenvalue weighted by Crippen LogP contribution is 2.31. The molecule has 0 bridgehead atoms. The van der Waals surface area contributed by atoms with Gasteiger partial charge < -0.3 is 14.8 Å². The van der Waals surface area contributed by atoms with Crippen molar-refractivity contribution in [2.24, 2.45) is 7.05 Å². The fraction of sp³-hybridized carbons (Fsp3) is 0.333. The smallest absolute Gasteiger partial charge is 0.260 e. The van der Waals surface area contributed by atoms with Crippen LogP contribution in [0.15, 0.2) is 53.5 Å². The van der Waals surface area contributed by atoms with Crippen molar-refractivity contribution < 1.29 is 22.5 Å². The minimum atomic E-state index is -1.95. The standard InChI is InChI=1S/C30H32F3N7O3S/c1-18(41)38(2)16-20-6-4-5-19(13-20)9-11-34-30-35-15-21-14-23(29(42)39(3)28(21)36-30)26-24(32)7-8-25(27(26)33)37-44(43)40-12-10-22(31)17-40/h4-8,13-15,22,37H,9-12,16-17H2,1-3H3,(H,34,35,36)/t22-,44?/m1/s1. The van der Waals surface area contributed by atoms with Gasteiger partial charge in [-0.1, -0.05) is 24.3 Å². The first kappa shape index (κ1) is 31.3. The van der Waals surface area contributed by atoms with Gasteiger partial charge in [-0.2, -0.15) is 9.71 Å². The van der Waals surface area contributed by atoms with Crippen LogP contribution < -0.4 is 15.6 Å². The molecule has 0 spiro atoms. The van der Waals surface area contributed by atoms with Gasteiger partial charge in [0.15, 0.2) is 17.4 Å². The highest BCUT2D eigenvalue weighted by molar-refractivity contribution is 7.90. The molecule has 1 fully saturated rings. The molecule has 5 rings (SSSR count). The van der Waals surface area contributed by atoms with Crippen LogP contribution in [0, 0.1) is 11.6 Å². The molecule has 0 saturated carbocycles. The lowest BCUT2D eigenvalue weighted by Gasteiger charge is -2.20. The lowest BCUT2D eigenvalue weighted by atomic mass is 10.0. The third-order valence-electron chi connectivity index (χ3n) is 7.48. The second-order valence-electron chi connectivity index (χ2n) is 10.7. The summed E-state index contributed by atoms with van der Waals surface area (Å²) in [6, 6.07) is 11.3. The number of aryl methyl sites for hydroxylation is 1. The van der Waals surface area contributed by atoms with E-state index in [9.17, 15) is 22.9 Å². The van der Waals surface area contributed by atoms with E-state index in [-0.39, 0.29) is 48.3 Å². The van der Waals surface area contributed by atoms with Gasteiger partial charge in [0.1, 0.15) is 23.3 Å². The zero-order valence-electron chi connectivity index (χ0n) is 24.4. The molecule has 232 valence electrons. The maximum atomic E-state index is 15.6. The van der Waals surface area contributed by atoms with E-state index in [4.69, 9.17) is 0 Å². The van der Waals surface area contributed by atoms with E-state index in [0.717, 1.165) is 23.3 Å². The van der Waals surface area contributed by atoms with Crippen molar-refractivity contribution in [1.29, 1.82) is 0 Å². The quantitative estimate of drug-likeness (QED) is 0.254. The zero-order valence-corrected chi connectivity index (χ0v) is 25.3. The van der Waals surface area contributed by atoms with Crippen LogP contribution in [0.4, 0.5) is 24.8 Å². The Morgan fingerprint density at radius 2 is 1.98 bits per heavy atom. The number of benzene rings is 2. The molecular formula is C30H32F3N7O3S. The summed E-state index contributed by atoms with van der Waals surface area (Å²) in [5.41, 5.74) is 0.518. The number of fused-ring (bicyclic) bond motifs is 1. The van der Waals surface area contributed by atoms with Crippen LogP contribution in [0.3, 0.4) is 0 Å². The number of rotatable bonds is 10. The number of nitrogens with zero attached hydrogens (tertiary/aromatic N) is 5. The van der Waals surface area contributed by atoms with E-state index < -0.39 is 40.5 Å². The summed E-state index contributed by atoms with van der Waals surface area (Å²) in [5, 5.41) is 3.52. The number of amides is 1. The Hall–Kier alpha value is -4.14. The van der Waals surface area contributed by atoms with Gasteiger partial charge in [0, 0.05) is 52.2 Å². The Morgan fingerprint density at radius 3 is 2.70 bits per heavy atom. The SMILES string of the molecule is CC(=O)N(C)Cc1cccc(CCNc2ncc3cc(-c4c(F)ccc(N[S+]([O-])N5CC[C@@H](F)C5)c4F)c(=O)n(C)c3n2)c1. The van der Waals surface area contributed by atoms with E-state index >= 15 is 4.39 Å². The van der Waals surface area contributed by atoms with Gasteiger partial charge >= 0.3 is 0 Å². The number of aromatic nitrogens is 3. The lowest BCUT2D eigenvalue weighted by molar-refractivity contribution is -0.128. The van der Waals surface area contributed by atoms with Crippen LogP contribution in [-0.2, 0) is 36.4 Å². The van der Waals surface area contributed by atoms with Gasteiger partial charge in [-0.25, -0.2) is 18.2 Å². The number of halogens is 3. The first-order chi connectivity index (χ1) is 21.0. The number of nitrogens with one attached hydrogen (secondary N) is 2. The van der Waals surface area contributed by atoms with Crippen molar-refractivity contribution in [3.63, 3.8) is 0 Å². The fourth-order valence-electron chi connectivity index (χ4n) is 4.97. The summed E-state index contributed by atoms with van der Waals surface area (Å²) in [7, 11) is 3.19. The van der Waals surface area contributed by atoms with Gasteiger partial charge in [-0.3, -0.25) is 14.2 Å². The minimum Gasteiger partial charge on any atom is -0.573 e. The van der Waals surface area contributed by atoms with Crippen LogP contribution in [-0.4, -0.2) is 67.1 Å². The number of carbonyl (C=O) groups is 1. The maximum absolute atomic E-state index is 15.6. The third kappa shape index (κ3) is 6.82. The van der Waals surface area contributed by atoms with Crippen molar-refractivity contribution in [1.82, 2.24) is 23.7 Å². The van der Waals surface area contributed by atoms with Gasteiger partial charge in [0.25, 0.3) is 5.56 Å². The Bertz CT molecular complexity index is 1760. The monoisotopic (exact) mass is 627 g/mol. The molecule has 0 aliphatic carbocycles. The average Bonchev–Trinajstić information content (AvgIpc) is 3.44. The summed E-state index contributed by atoms with van der Waals surface area (Å²) in [6.07, 6.45) is 1.19. The number of hydrogen-bond acceptors (Lipinski definition) is 8. The molecule has 10 nitrogen and oxygen atoms in total. The fourth-order valence-corrected chi connectivity index (χ4v) is 6.02. The summed E-state index contributed by atoms with van der Waals surface area (Å²) < 4.78 is 61.7. The first-order valence-corrected chi connectivity index (χ1v) is 15.1. The van der Waals surface area contributed by atoms with E-state index in [1.165, 1.54) is 35.1 Å². The predicted molar refractivity (Wildman–Crippen MR) is 164 cm³/mol. The number of anilines is 2. The van der Waals surface area contributed by atoms with Crippen molar-refractivity contribution in [2.45, 2.75) is 32.5 Å². The van der Waals surface area contributed by atoms with Crippen LogP contribution in [0.5, 0.6) is 0 Å². The van der Waals surface area contributed by atoms with Gasteiger partial charge in [0.05, 0.1) is 17.7 Å². The summed E-state index contributed by atoms with van der Waals surface area (Å²) in [4.78, 5) is 35.3. The minimum absolute atomic E-state index is 0.0167. The van der Waals surface area contributed by atoms with Crippen molar-refractivity contribution in [3.05, 3.63) is 81.8 Å². The molecule has 1 saturated heterocycles. The molecule has 2 aromatic heterocycles. The van der Waals surface area contributed by atoms with Crippen molar-refractivity contribution in [2.75, 3.05) is 36.7 Å². The Kier molecular flexibility index (Phi) is 9.42. The molecule has 1 unspecified atom stereocenters. The molecular weight excluding hydrogens is 595 g/mol. The van der Waals surface area contributed by atoms with Crippen LogP contribution in [0.2, 0.25) is 0 Å². The molecule has 4 aromatic rings. The topological polar surface area (TPSA) is 118 Å². The lowest BCUT2D eigenvalue weighted by Crippen LogP contribution is -2.34. The molecule has 2 aromatic carbocycles. The second kappa shape index (κ2) is 13.2. The first-order valence-electron chi connectivity index (χ1n) is 14.0. The zero-order chi connectivity index (χ0) is 31.5. The van der Waals surface area contributed by atoms with Gasteiger partial charge in [0.2, 0.25) is 11.9 Å². The van der Waals surface area contributed by atoms with E-state index in [1.54, 1.807) is 11.9 Å². The molecule has 2 N–H and O–H groups in total. The molecule has 1 aliphatic rings. The highest BCUT2D eigenvalue weighted by atomic mass is 32.2. The van der Waals surface area contributed by atoms with Crippen LogP contribution >= 0.6 is 0 Å². The molecule has 1 amide bonds. The van der Waals surface area contributed by atoms with Gasteiger partial charge in [-0.05, 0) is 42.2 Å². The molecule has 0 radical (unpaired) electrons. The van der Waals surface area contributed by atoms with Crippen LogP contribution in [0.1, 0.15) is 24.5 Å². The largest absolute Gasteiger partial charge is 0.573 e. The second-order valence-corrected chi connectivity index (χ2v) is 11.9. The van der Waals surface area contributed by atoms with Crippen molar-refractivity contribution >= 4 is 40.1 Å². The molecule has 2 atom stereocenters. The van der Waals surface area contributed by atoms with Crippen LogP contribution in [0.25, 0.3) is 22.2 Å². The van der Waals surface area contributed by atoms with Crippen molar-refractivity contribution in [3.8, 4) is 11.1 Å². The highest BCUT2D eigenvalue weighted by Gasteiger charge is 2.32. The number of hydrogen-bond donors (Lipinski definition) is 2. The van der Waals surface area contributed by atoms with E-state index in [1.807, 2.05) is 24.3 Å².